The largest absolute Gasteiger partial charge is 0.399 e. The number of halogens is 3. The zero-order valence-electron chi connectivity index (χ0n) is 5.19. The van der Waals surface area contributed by atoms with Crippen molar-refractivity contribution < 1.29 is 0 Å². The third kappa shape index (κ3) is 6.58. The Morgan fingerprint density at radius 3 is 1.40 bits per heavy atom. The highest BCUT2D eigenvalue weighted by Crippen LogP contribution is 1.95. The van der Waals surface area contributed by atoms with Crippen LogP contribution >= 0.6 is 50.9 Å². The highest BCUT2D eigenvalue weighted by molar-refractivity contribution is 8.93. The molecular formula is C6H10Br3N. The van der Waals surface area contributed by atoms with E-state index in [0.717, 1.165) is 5.69 Å². The zero-order valence-corrected chi connectivity index (χ0v) is 10.3. The van der Waals surface area contributed by atoms with Crippen molar-refractivity contribution in [1.82, 2.24) is 0 Å². The predicted molar refractivity (Wildman–Crippen MR) is 61.8 cm³/mol. The van der Waals surface area contributed by atoms with Crippen LogP contribution in [0.5, 0.6) is 0 Å². The van der Waals surface area contributed by atoms with Crippen LogP contribution < -0.4 is 5.73 Å². The molecule has 0 amide bonds. The summed E-state index contributed by atoms with van der Waals surface area (Å²) < 4.78 is 0. The molecule has 10 heavy (non-hydrogen) atoms. The van der Waals surface area contributed by atoms with Crippen LogP contribution in [0.15, 0.2) is 30.3 Å². The molecule has 60 valence electrons. The maximum atomic E-state index is 5.36. The minimum Gasteiger partial charge on any atom is -0.399 e. The number of nitrogen functional groups attached to an aromatic ring is 1. The third-order valence-corrected chi connectivity index (χ3v) is 0.800. The molecule has 0 aromatic heterocycles. The number of para-hydroxylation sites is 1. The highest BCUT2D eigenvalue weighted by atomic mass is 79.9. The van der Waals surface area contributed by atoms with Gasteiger partial charge in [0.15, 0.2) is 0 Å². The van der Waals surface area contributed by atoms with Gasteiger partial charge in [0.1, 0.15) is 0 Å². The lowest BCUT2D eigenvalue weighted by Gasteiger charge is -1.83. The Bertz CT molecular complexity index is 143. The molecule has 0 bridgehead atoms. The van der Waals surface area contributed by atoms with Crippen LogP contribution in [0.3, 0.4) is 0 Å². The molecule has 0 atom stereocenters. The Hall–Kier alpha value is 0.460. The molecule has 0 aliphatic carbocycles. The fourth-order valence-electron chi connectivity index (χ4n) is 0.453. The van der Waals surface area contributed by atoms with Gasteiger partial charge in [0.2, 0.25) is 0 Å². The number of nitrogens with two attached hydrogens (primary N) is 1. The molecular weight excluding hydrogens is 326 g/mol. The van der Waals surface area contributed by atoms with Crippen molar-refractivity contribution >= 4 is 56.6 Å². The second-order valence-corrected chi connectivity index (χ2v) is 1.41. The van der Waals surface area contributed by atoms with Gasteiger partial charge < -0.3 is 5.73 Å². The van der Waals surface area contributed by atoms with Gasteiger partial charge in [-0.15, -0.1) is 50.9 Å². The number of hydrogen-bond acceptors (Lipinski definition) is 1. The number of rotatable bonds is 0. The minimum absolute atomic E-state index is 0. The molecule has 0 saturated carbocycles. The summed E-state index contributed by atoms with van der Waals surface area (Å²) in [5.41, 5.74) is 6.18. The molecule has 1 rings (SSSR count). The summed E-state index contributed by atoms with van der Waals surface area (Å²) >= 11 is 0. The Morgan fingerprint density at radius 1 is 0.800 bits per heavy atom. The van der Waals surface area contributed by atoms with Crippen LogP contribution in [-0.2, 0) is 0 Å². The van der Waals surface area contributed by atoms with Crippen molar-refractivity contribution in [2.75, 3.05) is 5.73 Å². The lowest BCUT2D eigenvalue weighted by molar-refractivity contribution is 1.69. The second-order valence-electron chi connectivity index (χ2n) is 1.41. The van der Waals surface area contributed by atoms with Gasteiger partial charge in [-0.2, -0.15) is 0 Å². The van der Waals surface area contributed by atoms with E-state index in [0.29, 0.717) is 0 Å². The van der Waals surface area contributed by atoms with Crippen molar-refractivity contribution in [3.8, 4) is 0 Å². The van der Waals surface area contributed by atoms with Crippen molar-refractivity contribution in [2.45, 2.75) is 0 Å². The smallest absolute Gasteiger partial charge is 0.0313 e. The van der Waals surface area contributed by atoms with E-state index in [1.807, 2.05) is 30.3 Å². The fourth-order valence-corrected chi connectivity index (χ4v) is 0.453. The number of hydrogen-bond donors (Lipinski definition) is 1. The molecule has 0 saturated heterocycles. The van der Waals surface area contributed by atoms with Crippen molar-refractivity contribution in [3.05, 3.63) is 30.3 Å². The Kier molecular flexibility index (Phi) is 15.9. The van der Waals surface area contributed by atoms with Gasteiger partial charge in [-0.05, 0) is 12.1 Å². The molecule has 0 aliphatic rings. The van der Waals surface area contributed by atoms with Crippen LogP contribution in [0.1, 0.15) is 0 Å². The third-order valence-electron chi connectivity index (χ3n) is 0.800. The monoisotopic (exact) mass is 333 g/mol. The lowest BCUT2D eigenvalue weighted by atomic mass is 10.3. The predicted octanol–water partition coefficient (Wildman–Crippen LogP) is 3.00. The fraction of sp³-hybridized carbons (Fsp3) is 0. The first kappa shape index (κ1) is 16.8. The van der Waals surface area contributed by atoms with E-state index in [2.05, 4.69) is 0 Å². The first-order valence-electron chi connectivity index (χ1n) is 2.20. The molecule has 0 unspecified atom stereocenters. The maximum Gasteiger partial charge on any atom is 0.0313 e. The van der Waals surface area contributed by atoms with Gasteiger partial charge >= 0.3 is 0 Å². The van der Waals surface area contributed by atoms with Gasteiger partial charge in [0, 0.05) is 5.69 Å². The van der Waals surface area contributed by atoms with E-state index in [1.54, 1.807) is 0 Å². The summed E-state index contributed by atoms with van der Waals surface area (Å²) in [6.45, 7) is 0. The molecule has 0 aliphatic heterocycles. The average Bonchev–Trinajstić information content (AvgIpc) is 1.69. The molecule has 0 fully saturated rings. The molecule has 0 radical (unpaired) electrons. The molecule has 0 heterocycles. The summed E-state index contributed by atoms with van der Waals surface area (Å²) in [6.07, 6.45) is 0. The minimum atomic E-state index is 0. The number of anilines is 1. The molecule has 1 aromatic rings. The van der Waals surface area contributed by atoms with E-state index in [4.69, 9.17) is 5.73 Å². The van der Waals surface area contributed by atoms with Gasteiger partial charge in [-0.25, -0.2) is 0 Å². The van der Waals surface area contributed by atoms with Crippen molar-refractivity contribution in [2.24, 2.45) is 0 Å². The second kappa shape index (κ2) is 9.46. The van der Waals surface area contributed by atoms with Crippen LogP contribution in [0.4, 0.5) is 5.69 Å². The Labute approximate surface area is 92.3 Å². The van der Waals surface area contributed by atoms with Gasteiger partial charge in [0.25, 0.3) is 0 Å². The van der Waals surface area contributed by atoms with Crippen LogP contribution in [-0.4, -0.2) is 0 Å². The highest BCUT2D eigenvalue weighted by Gasteiger charge is 1.72. The standard InChI is InChI=1S/C6H7N.3BrH/c7-6-4-2-1-3-5-6;;;/h1-5H,7H2;3*1H. The average molecular weight is 336 g/mol. The van der Waals surface area contributed by atoms with Crippen LogP contribution in [0.2, 0.25) is 0 Å². The van der Waals surface area contributed by atoms with E-state index in [-0.39, 0.29) is 50.9 Å². The Morgan fingerprint density at radius 2 is 1.20 bits per heavy atom. The first-order chi connectivity index (χ1) is 3.39. The molecule has 2 N–H and O–H groups in total. The summed E-state index contributed by atoms with van der Waals surface area (Å²) in [4.78, 5) is 0. The molecule has 4 heteroatoms. The van der Waals surface area contributed by atoms with Gasteiger partial charge in [-0.1, -0.05) is 18.2 Å². The normalized spacial score (nSPS) is 6.00. The van der Waals surface area contributed by atoms with Crippen LogP contribution in [0, 0.1) is 0 Å². The van der Waals surface area contributed by atoms with E-state index < -0.39 is 0 Å². The Balaban J connectivity index is -0.000000163. The number of benzene rings is 1. The van der Waals surface area contributed by atoms with Gasteiger partial charge in [0.05, 0.1) is 0 Å². The topological polar surface area (TPSA) is 26.0 Å². The van der Waals surface area contributed by atoms with Crippen molar-refractivity contribution in [3.63, 3.8) is 0 Å². The SMILES string of the molecule is Br.Br.Br.Nc1ccccc1. The molecule has 1 aromatic carbocycles. The quantitative estimate of drug-likeness (QED) is 0.725. The lowest BCUT2D eigenvalue weighted by Crippen LogP contribution is -1.79. The summed E-state index contributed by atoms with van der Waals surface area (Å²) in [6, 6.07) is 9.49. The maximum absolute atomic E-state index is 5.36. The summed E-state index contributed by atoms with van der Waals surface area (Å²) in [7, 11) is 0. The summed E-state index contributed by atoms with van der Waals surface area (Å²) in [5.74, 6) is 0. The van der Waals surface area contributed by atoms with E-state index in [9.17, 15) is 0 Å². The molecule has 1 nitrogen and oxygen atoms in total. The van der Waals surface area contributed by atoms with E-state index in [1.165, 1.54) is 0 Å². The van der Waals surface area contributed by atoms with E-state index >= 15 is 0 Å². The zero-order chi connectivity index (χ0) is 5.11. The summed E-state index contributed by atoms with van der Waals surface area (Å²) in [5, 5.41) is 0. The van der Waals surface area contributed by atoms with Gasteiger partial charge in [-0.3, -0.25) is 0 Å². The van der Waals surface area contributed by atoms with Crippen LogP contribution in [0.25, 0.3) is 0 Å². The van der Waals surface area contributed by atoms with Crippen molar-refractivity contribution in [1.29, 1.82) is 0 Å². The molecule has 0 spiro atoms. The first-order valence-corrected chi connectivity index (χ1v) is 2.20.